The fraction of sp³-hybridized carbons (Fsp3) is 0.379. The van der Waals surface area contributed by atoms with Gasteiger partial charge < -0.3 is 20.6 Å². The summed E-state index contributed by atoms with van der Waals surface area (Å²) in [7, 11) is 0. The smallest absolute Gasteiger partial charge is 0.326 e. The van der Waals surface area contributed by atoms with E-state index in [1.165, 1.54) is 38.3 Å². The number of carboxylic acid groups (broad SMARTS) is 1. The number of nitrogens with zero attached hydrogens (tertiary/aromatic N) is 1. The highest BCUT2D eigenvalue weighted by atomic mass is 35.5. The van der Waals surface area contributed by atoms with Crippen LogP contribution in [0, 0.1) is 11.7 Å². The number of Topliss-reactive ketones (excluding diaryl/α,β-unsaturated/α-hetero) is 1. The van der Waals surface area contributed by atoms with E-state index in [1.54, 1.807) is 24.3 Å². The summed E-state index contributed by atoms with van der Waals surface area (Å²) in [6, 6.07) is 10.1. The third kappa shape index (κ3) is 8.21. The highest BCUT2D eigenvalue weighted by molar-refractivity contribution is 6.30. The summed E-state index contributed by atoms with van der Waals surface area (Å²) >= 11 is 6.03. The molecule has 0 saturated carbocycles. The first-order valence-corrected chi connectivity index (χ1v) is 13.0. The number of aliphatic carboxylic acids is 1. The van der Waals surface area contributed by atoms with Gasteiger partial charge in [0.05, 0.1) is 11.2 Å². The average molecular weight is 558 g/mol. The third-order valence-electron chi connectivity index (χ3n) is 6.30. The summed E-state index contributed by atoms with van der Waals surface area (Å²) in [5, 5.41) is 12.7. The maximum Gasteiger partial charge on any atom is 0.326 e. The quantitative estimate of drug-likeness (QED) is 0.254. The lowest BCUT2D eigenvalue weighted by molar-refractivity contribution is -0.143. The molecule has 39 heavy (non-hydrogen) atoms. The molecule has 0 aliphatic rings. The lowest BCUT2D eigenvalue weighted by Crippen LogP contribution is -2.54. The topological polar surface area (TPSA) is 136 Å². The normalized spacial score (nSPS) is 13.2. The SMILES string of the molecule is CC(C)c1coc(C(=O)C[C@H](Cc2ccc(-c3cc(Cl)ccc3F)cc2)C[C@@H](NC(=O)C(C)(C)N)C(=O)O)n1. The van der Waals surface area contributed by atoms with Crippen molar-refractivity contribution in [1.82, 2.24) is 10.3 Å². The van der Waals surface area contributed by atoms with Crippen molar-refractivity contribution in [2.45, 2.75) is 64.5 Å². The summed E-state index contributed by atoms with van der Waals surface area (Å²) in [4.78, 5) is 41.8. The predicted molar refractivity (Wildman–Crippen MR) is 146 cm³/mol. The Morgan fingerprint density at radius 1 is 1.15 bits per heavy atom. The van der Waals surface area contributed by atoms with Gasteiger partial charge in [0.15, 0.2) is 0 Å². The fourth-order valence-electron chi connectivity index (χ4n) is 4.04. The van der Waals surface area contributed by atoms with Gasteiger partial charge in [-0.05, 0) is 67.9 Å². The maximum absolute atomic E-state index is 14.3. The van der Waals surface area contributed by atoms with E-state index in [9.17, 15) is 23.9 Å². The number of ketones is 1. The van der Waals surface area contributed by atoms with Gasteiger partial charge in [0.25, 0.3) is 5.89 Å². The van der Waals surface area contributed by atoms with Crippen LogP contribution in [0.15, 0.2) is 53.1 Å². The standard InChI is InChI=1S/C29H33ClFN3O5/c1-16(2)24-15-39-26(33-24)25(35)13-18(12-23(27(36)37)34-28(38)29(3,4)32)11-17-5-7-19(8-6-17)21-14-20(30)9-10-22(21)31/h5-10,14-16,18,23H,11-13,32H2,1-4H3,(H,34,38)(H,36,37)/t18-,23-/m1/s1. The molecule has 208 valence electrons. The molecule has 1 aromatic heterocycles. The molecule has 0 spiro atoms. The van der Waals surface area contributed by atoms with Crippen molar-refractivity contribution in [2.24, 2.45) is 11.7 Å². The van der Waals surface area contributed by atoms with Crippen LogP contribution in [0.2, 0.25) is 5.02 Å². The first-order chi connectivity index (χ1) is 18.2. The van der Waals surface area contributed by atoms with E-state index in [-0.39, 0.29) is 30.4 Å². The van der Waals surface area contributed by atoms with Crippen LogP contribution in [0.4, 0.5) is 4.39 Å². The number of amides is 1. The van der Waals surface area contributed by atoms with Crippen molar-refractivity contribution in [2.75, 3.05) is 0 Å². The highest BCUT2D eigenvalue weighted by Crippen LogP contribution is 2.28. The fourth-order valence-corrected chi connectivity index (χ4v) is 4.21. The van der Waals surface area contributed by atoms with Gasteiger partial charge in [-0.25, -0.2) is 14.2 Å². The molecule has 0 fully saturated rings. The predicted octanol–water partition coefficient (Wildman–Crippen LogP) is 5.39. The molecular formula is C29H33ClFN3O5. The van der Waals surface area contributed by atoms with Gasteiger partial charge in [-0.3, -0.25) is 9.59 Å². The van der Waals surface area contributed by atoms with Crippen LogP contribution < -0.4 is 11.1 Å². The second-order valence-electron chi connectivity index (χ2n) is 10.6. The van der Waals surface area contributed by atoms with Crippen molar-refractivity contribution < 1.29 is 28.3 Å². The summed E-state index contributed by atoms with van der Waals surface area (Å²) in [6.07, 6.45) is 1.65. The van der Waals surface area contributed by atoms with Crippen LogP contribution in [-0.2, 0) is 16.0 Å². The lowest BCUT2D eigenvalue weighted by atomic mass is 9.87. The van der Waals surface area contributed by atoms with Crippen LogP contribution in [0.1, 0.15) is 68.4 Å². The molecule has 8 nitrogen and oxygen atoms in total. The van der Waals surface area contributed by atoms with Crippen LogP contribution in [0.3, 0.4) is 0 Å². The van der Waals surface area contributed by atoms with E-state index in [2.05, 4.69) is 10.3 Å². The molecular weight excluding hydrogens is 525 g/mol. The van der Waals surface area contributed by atoms with Crippen molar-refractivity contribution in [3.8, 4) is 11.1 Å². The third-order valence-corrected chi connectivity index (χ3v) is 6.54. The molecule has 0 aliphatic heterocycles. The zero-order valence-electron chi connectivity index (χ0n) is 22.3. The van der Waals surface area contributed by atoms with Gasteiger partial charge in [0.2, 0.25) is 11.7 Å². The van der Waals surface area contributed by atoms with Gasteiger partial charge in [0, 0.05) is 17.0 Å². The van der Waals surface area contributed by atoms with E-state index < -0.39 is 35.2 Å². The Labute approximate surface area is 231 Å². The molecule has 3 rings (SSSR count). The van der Waals surface area contributed by atoms with Crippen LogP contribution in [0.5, 0.6) is 0 Å². The Hall–Kier alpha value is -3.56. The number of carbonyl (C=O) groups is 3. The molecule has 4 N–H and O–H groups in total. The number of oxazole rings is 1. The first kappa shape index (κ1) is 30.0. The van der Waals surface area contributed by atoms with Crippen molar-refractivity contribution in [3.05, 3.63) is 76.7 Å². The van der Waals surface area contributed by atoms with Crippen LogP contribution in [0.25, 0.3) is 11.1 Å². The molecule has 0 radical (unpaired) electrons. The van der Waals surface area contributed by atoms with Crippen molar-refractivity contribution in [1.29, 1.82) is 0 Å². The number of nitrogens with two attached hydrogens (primary N) is 1. The molecule has 2 atom stereocenters. The number of benzene rings is 2. The van der Waals surface area contributed by atoms with E-state index >= 15 is 0 Å². The van der Waals surface area contributed by atoms with E-state index in [0.717, 1.165) is 5.56 Å². The number of halogens is 2. The largest absolute Gasteiger partial charge is 0.480 e. The number of hydrogen-bond acceptors (Lipinski definition) is 6. The summed E-state index contributed by atoms with van der Waals surface area (Å²) in [6.45, 7) is 6.79. The number of carboxylic acids is 1. The number of hydrogen-bond donors (Lipinski definition) is 3. The Morgan fingerprint density at radius 3 is 2.38 bits per heavy atom. The number of aromatic nitrogens is 1. The van der Waals surface area contributed by atoms with Crippen molar-refractivity contribution in [3.63, 3.8) is 0 Å². The van der Waals surface area contributed by atoms with Gasteiger partial charge in [-0.2, -0.15) is 0 Å². The molecule has 0 saturated heterocycles. The Bertz CT molecular complexity index is 1330. The van der Waals surface area contributed by atoms with Gasteiger partial charge in [0.1, 0.15) is 18.1 Å². The minimum atomic E-state index is -1.28. The number of rotatable bonds is 12. The van der Waals surface area contributed by atoms with Crippen LogP contribution in [-0.4, -0.2) is 39.3 Å². The van der Waals surface area contributed by atoms with E-state index in [4.69, 9.17) is 21.8 Å². The summed E-state index contributed by atoms with van der Waals surface area (Å²) < 4.78 is 19.7. The average Bonchev–Trinajstić information content (AvgIpc) is 3.36. The molecule has 1 amide bonds. The van der Waals surface area contributed by atoms with E-state index in [1.807, 2.05) is 13.8 Å². The minimum absolute atomic E-state index is 0.0364. The zero-order valence-corrected chi connectivity index (χ0v) is 23.1. The molecule has 0 bridgehead atoms. The highest BCUT2D eigenvalue weighted by Gasteiger charge is 2.31. The molecule has 10 heteroatoms. The molecule has 0 unspecified atom stereocenters. The maximum atomic E-state index is 14.3. The minimum Gasteiger partial charge on any atom is -0.480 e. The number of nitrogens with one attached hydrogen (secondary N) is 1. The Morgan fingerprint density at radius 2 is 1.82 bits per heavy atom. The van der Waals surface area contributed by atoms with Crippen molar-refractivity contribution >= 4 is 29.3 Å². The van der Waals surface area contributed by atoms with Gasteiger partial charge in [-0.15, -0.1) is 0 Å². The van der Waals surface area contributed by atoms with Crippen LogP contribution >= 0.6 is 11.6 Å². The number of carbonyl (C=O) groups excluding carboxylic acids is 2. The Balaban J connectivity index is 1.85. The van der Waals surface area contributed by atoms with E-state index in [0.29, 0.717) is 28.3 Å². The summed E-state index contributed by atoms with van der Waals surface area (Å²) in [5.74, 6) is -3.13. The summed E-state index contributed by atoms with van der Waals surface area (Å²) in [5.41, 5.74) is 6.95. The van der Waals surface area contributed by atoms with Gasteiger partial charge >= 0.3 is 5.97 Å². The second kappa shape index (κ2) is 12.5. The molecule has 3 aromatic rings. The molecule has 2 aromatic carbocycles. The Kier molecular flexibility index (Phi) is 9.63. The molecule has 1 heterocycles. The molecule has 0 aliphatic carbocycles. The monoisotopic (exact) mass is 557 g/mol. The first-order valence-electron chi connectivity index (χ1n) is 12.6. The lowest BCUT2D eigenvalue weighted by Gasteiger charge is -2.25. The zero-order chi connectivity index (χ0) is 28.9. The van der Waals surface area contributed by atoms with Gasteiger partial charge in [-0.1, -0.05) is 49.7 Å². The second-order valence-corrected chi connectivity index (χ2v) is 11.0.